The quantitative estimate of drug-likeness (QED) is 0.707. The van der Waals surface area contributed by atoms with E-state index in [1.165, 1.54) is 18.2 Å². The molecule has 0 spiro atoms. The van der Waals surface area contributed by atoms with Crippen LogP contribution in [-0.2, 0) is 15.6 Å². The molecule has 0 radical (unpaired) electrons. The molecule has 0 amide bonds. The maximum absolute atomic E-state index is 15.1. The molecule has 2 aromatic rings. The molecule has 0 aromatic heterocycles. The highest BCUT2D eigenvalue weighted by Gasteiger charge is 2.29. The van der Waals surface area contributed by atoms with Gasteiger partial charge in [0.1, 0.15) is 11.6 Å². The summed E-state index contributed by atoms with van der Waals surface area (Å²) in [5.74, 6) is -1.36. The molecule has 0 saturated heterocycles. The predicted octanol–water partition coefficient (Wildman–Crippen LogP) is 4.35. The molecule has 2 heterocycles. The van der Waals surface area contributed by atoms with Crippen LogP contribution < -0.4 is 0 Å². The van der Waals surface area contributed by atoms with Crippen LogP contribution in [-0.4, -0.2) is 44.4 Å². The van der Waals surface area contributed by atoms with Crippen LogP contribution in [0.2, 0.25) is 0 Å². The Labute approximate surface area is 181 Å². The largest absolute Gasteiger partial charge is 0.376 e. The smallest absolute Gasteiger partial charge is 0.154 e. The molecule has 31 heavy (non-hydrogen) atoms. The second-order valence-electron chi connectivity index (χ2n) is 7.97. The number of benzene rings is 2. The van der Waals surface area contributed by atoms with Crippen LogP contribution in [0.1, 0.15) is 36.1 Å². The lowest BCUT2D eigenvalue weighted by Crippen LogP contribution is -2.19. The Bertz CT molecular complexity index is 1230. The lowest BCUT2D eigenvalue weighted by molar-refractivity contribution is 0.503. The normalized spacial score (nSPS) is 18.4. The first kappa shape index (κ1) is 21.4. The molecule has 2 aliphatic heterocycles. The van der Waals surface area contributed by atoms with Gasteiger partial charge in [0, 0.05) is 47.8 Å². The summed E-state index contributed by atoms with van der Waals surface area (Å²) in [4.78, 5) is 6.89. The highest BCUT2D eigenvalue weighted by atomic mass is 32.2. The van der Waals surface area contributed by atoms with E-state index in [-0.39, 0.29) is 28.9 Å². The van der Waals surface area contributed by atoms with Gasteiger partial charge in [-0.25, -0.2) is 17.2 Å². The number of likely N-dealkylation sites (N-methyl/N-ethyl adjacent to an activating group) is 1. The van der Waals surface area contributed by atoms with Crippen molar-refractivity contribution in [3.05, 3.63) is 88.1 Å². The highest BCUT2D eigenvalue weighted by Crippen LogP contribution is 2.38. The number of sulfone groups is 1. The summed E-state index contributed by atoms with van der Waals surface area (Å²) in [6.07, 6.45) is 4.08. The van der Waals surface area contributed by atoms with E-state index in [2.05, 4.69) is 6.08 Å². The Morgan fingerprint density at radius 1 is 1.13 bits per heavy atom. The molecule has 0 aliphatic carbocycles. The van der Waals surface area contributed by atoms with Crippen molar-refractivity contribution < 1.29 is 17.2 Å². The third-order valence-corrected chi connectivity index (χ3v) is 7.33. The Morgan fingerprint density at radius 3 is 2.52 bits per heavy atom. The van der Waals surface area contributed by atoms with Gasteiger partial charge in [0.05, 0.1) is 17.5 Å². The Balaban J connectivity index is 1.98. The first-order valence-corrected chi connectivity index (χ1v) is 12.0. The van der Waals surface area contributed by atoms with E-state index in [0.29, 0.717) is 16.8 Å². The summed E-state index contributed by atoms with van der Waals surface area (Å²) in [5, 5.41) is 0. The summed E-state index contributed by atoms with van der Waals surface area (Å²) in [6, 6.07) is 8.76. The van der Waals surface area contributed by atoms with Gasteiger partial charge in [-0.05, 0) is 54.5 Å². The fourth-order valence-electron chi connectivity index (χ4n) is 3.98. The van der Waals surface area contributed by atoms with Crippen molar-refractivity contribution >= 4 is 21.1 Å². The first-order valence-electron chi connectivity index (χ1n) is 10.2. The summed E-state index contributed by atoms with van der Waals surface area (Å²) >= 11 is 0. The molecule has 0 fully saturated rings. The Morgan fingerprint density at radius 2 is 1.84 bits per heavy atom. The van der Waals surface area contributed by atoms with Crippen molar-refractivity contribution in [2.45, 2.75) is 25.6 Å². The average molecular weight is 443 g/mol. The standard InChI is InChI=1S/C24H24F2N2O2S/c1-4-31(29,30)14-17-11-20-21(12-23(17)26)24(16-5-7-18(25)8-6-16)27-15(2)19-9-10-28(3)13-22(19)20/h5-9,11-13,15H,4,10,14H2,1-3H3/t15-/m0/s1. The fraction of sp³-hybridized carbons (Fsp3) is 0.292. The SMILES string of the molecule is CCS(=O)(=O)Cc1cc2c(cc1F)C(c1ccc(F)cc1)=N[C@@H](C)C1=CCN(C)C=C12. The van der Waals surface area contributed by atoms with Gasteiger partial charge in [-0.2, -0.15) is 0 Å². The fourth-order valence-corrected chi connectivity index (χ4v) is 4.88. The van der Waals surface area contributed by atoms with E-state index in [1.54, 1.807) is 25.1 Å². The van der Waals surface area contributed by atoms with Crippen LogP contribution in [0.15, 0.2) is 59.2 Å². The second-order valence-corrected chi connectivity index (χ2v) is 10.3. The van der Waals surface area contributed by atoms with Crippen molar-refractivity contribution in [3.8, 4) is 0 Å². The Hall–Kier alpha value is -2.80. The summed E-state index contributed by atoms with van der Waals surface area (Å²) in [6.45, 7) is 4.24. The molecular weight excluding hydrogens is 418 g/mol. The van der Waals surface area contributed by atoms with Crippen molar-refractivity contribution in [2.24, 2.45) is 4.99 Å². The van der Waals surface area contributed by atoms with E-state index in [4.69, 9.17) is 4.99 Å². The second kappa shape index (κ2) is 8.04. The number of halogens is 2. The van der Waals surface area contributed by atoms with Crippen LogP contribution in [0, 0.1) is 11.6 Å². The Kier molecular flexibility index (Phi) is 5.56. The first-order chi connectivity index (χ1) is 14.7. The summed E-state index contributed by atoms with van der Waals surface area (Å²) in [5.41, 5.74) is 4.58. The van der Waals surface area contributed by atoms with E-state index >= 15 is 4.39 Å². The molecule has 4 rings (SSSR count). The van der Waals surface area contributed by atoms with Crippen molar-refractivity contribution in [2.75, 3.05) is 19.3 Å². The minimum absolute atomic E-state index is 0.0561. The lowest BCUT2D eigenvalue weighted by atomic mass is 9.87. The van der Waals surface area contributed by atoms with Crippen LogP contribution in [0.5, 0.6) is 0 Å². The van der Waals surface area contributed by atoms with Crippen molar-refractivity contribution in [1.82, 2.24) is 4.90 Å². The maximum Gasteiger partial charge on any atom is 0.154 e. The van der Waals surface area contributed by atoms with E-state index in [0.717, 1.165) is 23.3 Å². The van der Waals surface area contributed by atoms with Crippen LogP contribution >= 0.6 is 0 Å². The molecule has 2 aliphatic rings. The molecule has 162 valence electrons. The van der Waals surface area contributed by atoms with Crippen LogP contribution in [0.25, 0.3) is 5.57 Å². The zero-order chi connectivity index (χ0) is 22.3. The molecule has 4 nitrogen and oxygen atoms in total. The summed E-state index contributed by atoms with van der Waals surface area (Å²) in [7, 11) is -1.46. The third-order valence-electron chi connectivity index (χ3n) is 5.70. The molecule has 0 bridgehead atoms. The van der Waals surface area contributed by atoms with Crippen molar-refractivity contribution in [1.29, 1.82) is 0 Å². The zero-order valence-electron chi connectivity index (χ0n) is 17.7. The van der Waals surface area contributed by atoms with E-state index < -0.39 is 15.7 Å². The van der Waals surface area contributed by atoms with E-state index in [1.807, 2.05) is 25.1 Å². The number of aliphatic imine (C=N–C) groups is 1. The minimum atomic E-state index is -3.41. The number of nitrogens with zero attached hydrogens (tertiary/aromatic N) is 2. The summed E-state index contributed by atoms with van der Waals surface area (Å²) < 4.78 is 53.0. The number of rotatable bonds is 4. The van der Waals surface area contributed by atoms with Crippen LogP contribution in [0.4, 0.5) is 8.78 Å². The van der Waals surface area contributed by atoms with Crippen LogP contribution in [0.3, 0.4) is 0 Å². The number of fused-ring (bicyclic) bond motifs is 3. The van der Waals surface area contributed by atoms with Gasteiger partial charge in [0.25, 0.3) is 0 Å². The molecule has 0 unspecified atom stereocenters. The van der Waals surface area contributed by atoms with Crippen molar-refractivity contribution in [3.63, 3.8) is 0 Å². The molecule has 1 atom stereocenters. The topological polar surface area (TPSA) is 49.7 Å². The molecule has 0 N–H and O–H groups in total. The van der Waals surface area contributed by atoms with Gasteiger partial charge >= 0.3 is 0 Å². The third kappa shape index (κ3) is 4.19. The highest BCUT2D eigenvalue weighted by molar-refractivity contribution is 7.90. The van der Waals surface area contributed by atoms with Gasteiger partial charge in [-0.15, -0.1) is 0 Å². The molecule has 2 aromatic carbocycles. The predicted molar refractivity (Wildman–Crippen MR) is 120 cm³/mol. The monoisotopic (exact) mass is 442 g/mol. The lowest BCUT2D eigenvalue weighted by Gasteiger charge is -2.25. The number of hydrogen-bond acceptors (Lipinski definition) is 4. The average Bonchev–Trinajstić information content (AvgIpc) is 2.84. The molecular formula is C24H24F2N2O2S. The van der Waals surface area contributed by atoms with Gasteiger partial charge < -0.3 is 4.90 Å². The van der Waals surface area contributed by atoms with Gasteiger partial charge in [-0.3, -0.25) is 4.99 Å². The van der Waals surface area contributed by atoms with Gasteiger partial charge in [0.15, 0.2) is 9.84 Å². The van der Waals surface area contributed by atoms with E-state index in [9.17, 15) is 12.8 Å². The number of hydrogen-bond donors (Lipinski definition) is 0. The maximum atomic E-state index is 15.1. The zero-order valence-corrected chi connectivity index (χ0v) is 18.5. The van der Waals surface area contributed by atoms with Gasteiger partial charge in [-0.1, -0.05) is 13.0 Å². The minimum Gasteiger partial charge on any atom is -0.376 e. The molecule has 7 heteroatoms. The van der Waals surface area contributed by atoms with Gasteiger partial charge in [0.2, 0.25) is 0 Å². The molecule has 0 saturated carbocycles.